The molecule has 0 aliphatic carbocycles. The summed E-state index contributed by atoms with van der Waals surface area (Å²) in [6.45, 7) is 3.56. The highest BCUT2D eigenvalue weighted by Crippen LogP contribution is 2.30. The van der Waals surface area contributed by atoms with Gasteiger partial charge in [-0.25, -0.2) is 0 Å². The van der Waals surface area contributed by atoms with Gasteiger partial charge >= 0.3 is 13.3 Å². The van der Waals surface area contributed by atoms with Crippen molar-refractivity contribution in [1.82, 2.24) is 0 Å². The van der Waals surface area contributed by atoms with Crippen molar-refractivity contribution in [2.24, 2.45) is 5.92 Å². The number of benzene rings is 1. The van der Waals surface area contributed by atoms with Crippen LogP contribution in [-0.4, -0.2) is 30.3 Å². The van der Waals surface area contributed by atoms with E-state index in [4.69, 9.17) is 0 Å². The van der Waals surface area contributed by atoms with E-state index in [1.54, 1.807) is 0 Å². The van der Waals surface area contributed by atoms with Crippen molar-refractivity contribution in [1.29, 1.82) is 0 Å². The number of halogens is 3. The molecule has 1 aromatic carbocycles. The summed E-state index contributed by atoms with van der Waals surface area (Å²) in [5, 5.41) is 18.7. The second-order valence-electron chi connectivity index (χ2n) is 5.31. The molecular formula is C13H17BF3NO2. The molecule has 0 unspecified atom stereocenters. The second-order valence-corrected chi connectivity index (χ2v) is 5.31. The summed E-state index contributed by atoms with van der Waals surface area (Å²) in [4.78, 5) is 1.91. The second kappa shape index (κ2) is 5.65. The third-order valence-corrected chi connectivity index (χ3v) is 3.76. The smallest absolute Gasteiger partial charge is 0.423 e. The maximum absolute atomic E-state index is 12.7. The third-order valence-electron chi connectivity index (χ3n) is 3.76. The highest BCUT2D eigenvalue weighted by Gasteiger charge is 2.33. The number of alkyl halides is 3. The Balaban J connectivity index is 2.33. The monoisotopic (exact) mass is 287 g/mol. The van der Waals surface area contributed by atoms with Crippen LogP contribution in [0, 0.1) is 5.92 Å². The Labute approximate surface area is 116 Å². The van der Waals surface area contributed by atoms with Crippen molar-refractivity contribution >= 4 is 18.3 Å². The molecule has 0 bridgehead atoms. The maximum Gasteiger partial charge on any atom is 0.490 e. The fourth-order valence-corrected chi connectivity index (χ4v) is 2.48. The molecule has 110 valence electrons. The van der Waals surface area contributed by atoms with E-state index in [9.17, 15) is 23.2 Å². The van der Waals surface area contributed by atoms with Crippen LogP contribution in [0.1, 0.15) is 25.3 Å². The van der Waals surface area contributed by atoms with Crippen molar-refractivity contribution in [3.8, 4) is 0 Å². The first kappa shape index (κ1) is 15.2. The quantitative estimate of drug-likeness (QED) is 0.812. The third kappa shape index (κ3) is 3.27. The number of piperidine rings is 1. The number of hydrogen-bond donors (Lipinski definition) is 2. The lowest BCUT2D eigenvalue weighted by Gasteiger charge is -2.33. The van der Waals surface area contributed by atoms with Crippen LogP contribution in [0.25, 0.3) is 0 Å². The SMILES string of the molecule is CC1CCN(c2ccc(C(F)(F)F)cc2B(O)O)CC1. The molecule has 7 heteroatoms. The Morgan fingerprint density at radius 3 is 2.30 bits per heavy atom. The van der Waals surface area contributed by atoms with Crippen LogP contribution in [0.4, 0.5) is 18.9 Å². The molecule has 1 aliphatic heterocycles. The van der Waals surface area contributed by atoms with Crippen molar-refractivity contribution in [2.45, 2.75) is 25.9 Å². The first-order chi connectivity index (χ1) is 9.29. The first-order valence-electron chi connectivity index (χ1n) is 6.61. The van der Waals surface area contributed by atoms with Gasteiger partial charge in [-0.2, -0.15) is 13.2 Å². The molecule has 0 saturated carbocycles. The van der Waals surface area contributed by atoms with Gasteiger partial charge in [0.25, 0.3) is 0 Å². The summed E-state index contributed by atoms with van der Waals surface area (Å²) in [5.41, 5.74) is -0.482. The molecule has 1 fully saturated rings. The predicted octanol–water partition coefficient (Wildman–Crippen LogP) is 1.62. The van der Waals surface area contributed by atoms with Gasteiger partial charge in [0.05, 0.1) is 5.56 Å². The van der Waals surface area contributed by atoms with E-state index in [0.717, 1.165) is 25.0 Å². The van der Waals surface area contributed by atoms with Gasteiger partial charge in [-0.15, -0.1) is 0 Å². The molecule has 2 rings (SSSR count). The van der Waals surface area contributed by atoms with Crippen molar-refractivity contribution in [3.05, 3.63) is 23.8 Å². The Morgan fingerprint density at radius 1 is 1.20 bits per heavy atom. The van der Waals surface area contributed by atoms with Gasteiger partial charge in [-0.1, -0.05) is 6.92 Å². The van der Waals surface area contributed by atoms with Crippen molar-refractivity contribution < 1.29 is 23.2 Å². The Morgan fingerprint density at radius 2 is 1.80 bits per heavy atom. The predicted molar refractivity (Wildman–Crippen MR) is 71.9 cm³/mol. The van der Waals surface area contributed by atoms with E-state index in [1.165, 1.54) is 6.07 Å². The zero-order chi connectivity index (χ0) is 14.9. The fraction of sp³-hybridized carbons (Fsp3) is 0.538. The maximum atomic E-state index is 12.7. The van der Waals surface area contributed by atoms with E-state index in [0.29, 0.717) is 24.7 Å². The lowest BCUT2D eigenvalue weighted by atomic mass is 9.77. The minimum absolute atomic E-state index is 0.0885. The number of nitrogens with zero attached hydrogens (tertiary/aromatic N) is 1. The first-order valence-corrected chi connectivity index (χ1v) is 6.61. The minimum Gasteiger partial charge on any atom is -0.423 e. The van der Waals surface area contributed by atoms with Gasteiger partial charge < -0.3 is 14.9 Å². The van der Waals surface area contributed by atoms with Gasteiger partial charge in [0, 0.05) is 24.2 Å². The molecule has 0 aromatic heterocycles. The lowest BCUT2D eigenvalue weighted by molar-refractivity contribution is -0.137. The van der Waals surface area contributed by atoms with Gasteiger partial charge in [0.15, 0.2) is 0 Å². The van der Waals surface area contributed by atoms with Crippen LogP contribution in [-0.2, 0) is 6.18 Å². The Kier molecular flexibility index (Phi) is 4.29. The lowest BCUT2D eigenvalue weighted by Crippen LogP contribution is -2.41. The molecule has 1 aromatic rings. The zero-order valence-electron chi connectivity index (χ0n) is 11.2. The van der Waals surface area contributed by atoms with Crippen LogP contribution in [0.2, 0.25) is 0 Å². The van der Waals surface area contributed by atoms with E-state index in [-0.39, 0.29) is 5.46 Å². The van der Waals surface area contributed by atoms with Crippen molar-refractivity contribution in [2.75, 3.05) is 18.0 Å². The van der Waals surface area contributed by atoms with E-state index >= 15 is 0 Å². The van der Waals surface area contributed by atoms with Gasteiger partial charge in [0.2, 0.25) is 0 Å². The van der Waals surface area contributed by atoms with Crippen molar-refractivity contribution in [3.63, 3.8) is 0 Å². The van der Waals surface area contributed by atoms with Crippen LogP contribution >= 0.6 is 0 Å². The average molecular weight is 287 g/mol. The highest BCUT2D eigenvalue weighted by molar-refractivity contribution is 6.60. The number of anilines is 1. The fourth-order valence-electron chi connectivity index (χ4n) is 2.48. The normalized spacial score (nSPS) is 17.4. The molecule has 3 nitrogen and oxygen atoms in total. The van der Waals surface area contributed by atoms with Crippen LogP contribution in [0.3, 0.4) is 0 Å². The molecule has 0 radical (unpaired) electrons. The molecule has 0 amide bonds. The van der Waals surface area contributed by atoms with E-state index in [1.807, 2.05) is 4.90 Å². The highest BCUT2D eigenvalue weighted by atomic mass is 19.4. The largest absolute Gasteiger partial charge is 0.490 e. The zero-order valence-corrected chi connectivity index (χ0v) is 11.2. The molecule has 20 heavy (non-hydrogen) atoms. The van der Waals surface area contributed by atoms with E-state index < -0.39 is 18.9 Å². The standard InChI is InChI=1S/C13H17BF3NO2/c1-9-4-6-18(7-5-9)12-3-2-10(13(15,16)17)8-11(12)14(19)20/h2-3,8-9,19-20H,4-7H2,1H3. The van der Waals surface area contributed by atoms with Gasteiger partial charge in [0.1, 0.15) is 0 Å². The average Bonchev–Trinajstić information content (AvgIpc) is 2.38. The molecule has 0 atom stereocenters. The molecule has 1 saturated heterocycles. The summed E-state index contributed by atoms with van der Waals surface area (Å²) in [7, 11) is -1.91. The topological polar surface area (TPSA) is 43.7 Å². The summed E-state index contributed by atoms with van der Waals surface area (Å²) in [6, 6.07) is 3.13. The van der Waals surface area contributed by atoms with Crippen LogP contribution < -0.4 is 10.4 Å². The summed E-state index contributed by atoms with van der Waals surface area (Å²) in [5.74, 6) is 0.586. The molecule has 1 heterocycles. The molecule has 0 spiro atoms. The summed E-state index contributed by atoms with van der Waals surface area (Å²) >= 11 is 0. The molecule has 1 aliphatic rings. The minimum atomic E-state index is -4.49. The van der Waals surface area contributed by atoms with Crippen LogP contribution in [0.5, 0.6) is 0 Å². The van der Waals surface area contributed by atoms with Gasteiger partial charge in [-0.05, 0) is 37.0 Å². The number of rotatable bonds is 2. The molecule has 2 N–H and O–H groups in total. The summed E-state index contributed by atoms with van der Waals surface area (Å²) in [6.07, 6.45) is -2.59. The van der Waals surface area contributed by atoms with Crippen LogP contribution in [0.15, 0.2) is 18.2 Å². The Bertz CT molecular complexity index is 471. The Hall–Kier alpha value is -1.21. The van der Waals surface area contributed by atoms with E-state index in [2.05, 4.69) is 6.92 Å². The van der Waals surface area contributed by atoms with Gasteiger partial charge in [-0.3, -0.25) is 0 Å². The molecular weight excluding hydrogens is 270 g/mol. The number of hydrogen-bond acceptors (Lipinski definition) is 3. The summed E-state index contributed by atoms with van der Waals surface area (Å²) < 4.78 is 38.0.